The van der Waals surface area contributed by atoms with Gasteiger partial charge in [-0.1, -0.05) is 18.2 Å². The molecule has 0 radical (unpaired) electrons. The Labute approximate surface area is 131 Å². The molecule has 0 aromatic heterocycles. The van der Waals surface area contributed by atoms with Crippen LogP contribution in [-0.4, -0.2) is 13.0 Å². The number of hydrogen-bond acceptors (Lipinski definition) is 2. The minimum absolute atomic E-state index is 0.183. The van der Waals surface area contributed by atoms with Gasteiger partial charge in [-0.2, -0.15) is 0 Å². The predicted octanol–water partition coefficient (Wildman–Crippen LogP) is 4.09. The highest BCUT2D eigenvalue weighted by Crippen LogP contribution is 2.22. The molecule has 0 fully saturated rings. The quantitative estimate of drug-likeness (QED) is 0.900. The molecule has 1 atom stereocenters. The zero-order valence-corrected chi connectivity index (χ0v) is 13.3. The number of carbonyl (C=O) groups is 1. The average molecular weight is 352 g/mol. The van der Waals surface area contributed by atoms with Crippen LogP contribution in [0.4, 0.5) is 4.39 Å². The Morgan fingerprint density at radius 2 is 2.00 bits per heavy atom. The van der Waals surface area contributed by atoms with E-state index >= 15 is 0 Å². The van der Waals surface area contributed by atoms with Crippen LogP contribution in [0.15, 0.2) is 46.9 Å². The lowest BCUT2D eigenvalue weighted by Gasteiger charge is -2.15. The maximum absolute atomic E-state index is 13.7. The molecule has 0 aliphatic carbocycles. The van der Waals surface area contributed by atoms with Crippen LogP contribution in [-0.2, 0) is 0 Å². The van der Waals surface area contributed by atoms with E-state index in [0.717, 1.165) is 4.47 Å². The summed E-state index contributed by atoms with van der Waals surface area (Å²) in [6.07, 6.45) is 0. The maximum atomic E-state index is 13.7. The maximum Gasteiger partial charge on any atom is 0.252 e. The number of ether oxygens (including phenoxy) is 1. The van der Waals surface area contributed by atoms with Gasteiger partial charge in [-0.25, -0.2) is 4.39 Å². The summed E-state index contributed by atoms with van der Waals surface area (Å²) >= 11 is 3.34. The van der Waals surface area contributed by atoms with Gasteiger partial charge < -0.3 is 10.1 Å². The molecule has 1 N–H and O–H groups in total. The number of amides is 1. The second-order valence-corrected chi connectivity index (χ2v) is 5.42. The number of hydrogen-bond donors (Lipinski definition) is 1. The highest BCUT2D eigenvalue weighted by Gasteiger charge is 2.15. The zero-order valence-electron chi connectivity index (χ0n) is 11.7. The minimum Gasteiger partial charge on any atom is -0.494 e. The summed E-state index contributed by atoms with van der Waals surface area (Å²) in [5.74, 6) is -0.480. The van der Waals surface area contributed by atoms with Crippen LogP contribution in [0.3, 0.4) is 0 Å². The summed E-state index contributed by atoms with van der Waals surface area (Å²) in [5, 5.41) is 2.84. The highest BCUT2D eigenvalue weighted by molar-refractivity contribution is 9.10. The van der Waals surface area contributed by atoms with E-state index in [4.69, 9.17) is 4.74 Å². The van der Waals surface area contributed by atoms with Crippen molar-refractivity contribution in [3.8, 4) is 5.75 Å². The SMILES string of the molecule is COc1ccc([C@@H](C)NC(=O)c2ccccc2Br)cc1F. The molecule has 0 saturated heterocycles. The molecule has 5 heteroatoms. The number of benzene rings is 2. The van der Waals surface area contributed by atoms with Crippen LogP contribution in [0.25, 0.3) is 0 Å². The van der Waals surface area contributed by atoms with Gasteiger partial charge in [-0.05, 0) is 52.7 Å². The number of rotatable bonds is 4. The first kappa shape index (κ1) is 15.5. The van der Waals surface area contributed by atoms with Crippen LogP contribution < -0.4 is 10.1 Å². The number of nitrogens with one attached hydrogen (secondary N) is 1. The molecule has 110 valence electrons. The Hall–Kier alpha value is -1.88. The first-order chi connectivity index (χ1) is 10.0. The van der Waals surface area contributed by atoms with E-state index in [0.29, 0.717) is 11.1 Å². The van der Waals surface area contributed by atoms with Gasteiger partial charge in [0.15, 0.2) is 11.6 Å². The van der Waals surface area contributed by atoms with Crippen molar-refractivity contribution in [3.63, 3.8) is 0 Å². The van der Waals surface area contributed by atoms with Crippen molar-refractivity contribution in [3.05, 3.63) is 63.9 Å². The van der Waals surface area contributed by atoms with Gasteiger partial charge in [0.05, 0.1) is 18.7 Å². The van der Waals surface area contributed by atoms with Crippen molar-refractivity contribution in [1.82, 2.24) is 5.32 Å². The van der Waals surface area contributed by atoms with Gasteiger partial charge in [0, 0.05) is 4.47 Å². The van der Waals surface area contributed by atoms with Crippen LogP contribution in [0.2, 0.25) is 0 Å². The van der Waals surface area contributed by atoms with Crippen molar-refractivity contribution >= 4 is 21.8 Å². The molecular weight excluding hydrogens is 337 g/mol. The Balaban J connectivity index is 2.14. The van der Waals surface area contributed by atoms with Gasteiger partial charge in [0.25, 0.3) is 5.91 Å². The first-order valence-corrected chi connectivity index (χ1v) is 7.21. The fourth-order valence-electron chi connectivity index (χ4n) is 1.96. The smallest absolute Gasteiger partial charge is 0.252 e. The molecule has 21 heavy (non-hydrogen) atoms. The lowest BCUT2D eigenvalue weighted by atomic mass is 10.1. The van der Waals surface area contributed by atoms with Crippen LogP contribution in [0, 0.1) is 5.82 Å². The first-order valence-electron chi connectivity index (χ1n) is 6.41. The van der Waals surface area contributed by atoms with Crippen molar-refractivity contribution in [2.45, 2.75) is 13.0 Å². The van der Waals surface area contributed by atoms with E-state index in [2.05, 4.69) is 21.2 Å². The second kappa shape index (κ2) is 6.72. The van der Waals surface area contributed by atoms with Gasteiger partial charge in [0.2, 0.25) is 0 Å². The van der Waals surface area contributed by atoms with Gasteiger partial charge in [-0.3, -0.25) is 4.79 Å². The lowest BCUT2D eigenvalue weighted by molar-refractivity contribution is 0.0939. The Morgan fingerprint density at radius 1 is 1.29 bits per heavy atom. The van der Waals surface area contributed by atoms with Gasteiger partial charge >= 0.3 is 0 Å². The monoisotopic (exact) mass is 351 g/mol. The van der Waals surface area contributed by atoms with Crippen LogP contribution >= 0.6 is 15.9 Å². The summed E-state index contributed by atoms with van der Waals surface area (Å²) in [4.78, 5) is 12.2. The van der Waals surface area contributed by atoms with Gasteiger partial charge in [0.1, 0.15) is 0 Å². The van der Waals surface area contributed by atoms with E-state index in [1.165, 1.54) is 13.2 Å². The molecule has 0 saturated carbocycles. The van der Waals surface area contributed by atoms with E-state index in [1.807, 2.05) is 6.07 Å². The lowest BCUT2D eigenvalue weighted by Crippen LogP contribution is -2.27. The normalized spacial score (nSPS) is 11.8. The number of halogens is 2. The van der Waals surface area contributed by atoms with E-state index in [9.17, 15) is 9.18 Å². The number of carbonyl (C=O) groups excluding carboxylic acids is 1. The molecule has 2 aromatic carbocycles. The third kappa shape index (κ3) is 3.61. The molecule has 3 nitrogen and oxygen atoms in total. The highest BCUT2D eigenvalue weighted by atomic mass is 79.9. The van der Waals surface area contributed by atoms with E-state index in [1.54, 1.807) is 37.3 Å². The van der Waals surface area contributed by atoms with E-state index < -0.39 is 5.82 Å². The average Bonchev–Trinajstić information content (AvgIpc) is 2.47. The number of methoxy groups -OCH3 is 1. The Kier molecular flexibility index (Phi) is 4.96. The summed E-state index contributed by atoms with van der Waals surface area (Å²) in [6, 6.07) is 11.5. The predicted molar refractivity (Wildman–Crippen MR) is 83.0 cm³/mol. The molecule has 0 heterocycles. The fraction of sp³-hybridized carbons (Fsp3) is 0.188. The third-order valence-corrected chi connectivity index (χ3v) is 3.83. The summed E-state index contributed by atoms with van der Waals surface area (Å²) in [7, 11) is 1.41. The van der Waals surface area contributed by atoms with Crippen molar-refractivity contribution in [2.75, 3.05) is 7.11 Å². The summed E-state index contributed by atoms with van der Waals surface area (Å²) < 4.78 is 19.3. The van der Waals surface area contributed by atoms with Crippen molar-refractivity contribution in [2.24, 2.45) is 0 Å². The fourth-order valence-corrected chi connectivity index (χ4v) is 2.42. The largest absolute Gasteiger partial charge is 0.494 e. The molecule has 1 amide bonds. The van der Waals surface area contributed by atoms with Crippen LogP contribution in [0.1, 0.15) is 28.9 Å². The molecule has 0 unspecified atom stereocenters. The molecule has 0 bridgehead atoms. The zero-order chi connectivity index (χ0) is 15.4. The summed E-state index contributed by atoms with van der Waals surface area (Å²) in [6.45, 7) is 1.80. The molecule has 0 spiro atoms. The Bertz CT molecular complexity index is 660. The van der Waals surface area contributed by atoms with Crippen molar-refractivity contribution in [1.29, 1.82) is 0 Å². The van der Waals surface area contributed by atoms with Gasteiger partial charge in [-0.15, -0.1) is 0 Å². The molecular formula is C16H15BrFNO2. The minimum atomic E-state index is -0.447. The molecule has 0 aliphatic heterocycles. The standard InChI is InChI=1S/C16H15BrFNO2/c1-10(11-7-8-15(21-2)14(18)9-11)19-16(20)12-5-3-4-6-13(12)17/h3-10H,1-2H3,(H,19,20)/t10-/m1/s1. The topological polar surface area (TPSA) is 38.3 Å². The Morgan fingerprint density at radius 3 is 2.62 bits per heavy atom. The van der Waals surface area contributed by atoms with Crippen LogP contribution in [0.5, 0.6) is 5.75 Å². The molecule has 0 aliphatic rings. The molecule has 2 aromatic rings. The van der Waals surface area contributed by atoms with Crippen molar-refractivity contribution < 1.29 is 13.9 Å². The third-order valence-electron chi connectivity index (χ3n) is 3.14. The molecule has 2 rings (SSSR count). The second-order valence-electron chi connectivity index (χ2n) is 4.57. The summed E-state index contributed by atoms with van der Waals surface area (Å²) in [5.41, 5.74) is 1.21. The van der Waals surface area contributed by atoms with E-state index in [-0.39, 0.29) is 17.7 Å².